The predicted octanol–water partition coefficient (Wildman–Crippen LogP) is 0.889. The summed E-state index contributed by atoms with van der Waals surface area (Å²) in [6, 6.07) is 3.82. The third-order valence-corrected chi connectivity index (χ3v) is 1.59. The lowest BCUT2D eigenvalue weighted by atomic mass is 10.2. The van der Waals surface area contributed by atoms with Crippen molar-refractivity contribution < 1.29 is 4.79 Å². The third kappa shape index (κ3) is 2.05. The highest BCUT2D eigenvalue weighted by Gasteiger charge is 1.96. The molecule has 1 aromatic rings. The molecule has 3 nitrogen and oxygen atoms in total. The van der Waals surface area contributed by atoms with E-state index in [0.29, 0.717) is 6.42 Å². The molecule has 0 bridgehead atoms. The Hall–Kier alpha value is -1.38. The summed E-state index contributed by atoms with van der Waals surface area (Å²) in [6.45, 7) is 0. The molecule has 64 valence electrons. The van der Waals surface area contributed by atoms with Gasteiger partial charge in [-0.3, -0.25) is 0 Å². The van der Waals surface area contributed by atoms with Crippen LogP contribution in [0.25, 0.3) is 0 Å². The number of carbonyl (C=O) groups excluding carboxylic acids is 1. The van der Waals surface area contributed by atoms with Gasteiger partial charge < -0.3 is 9.69 Å². The quantitative estimate of drug-likeness (QED) is 0.622. The third-order valence-electron chi connectivity index (χ3n) is 1.59. The van der Waals surface area contributed by atoms with Crippen LogP contribution in [0, 0.1) is 0 Å². The van der Waals surface area contributed by atoms with Crippen LogP contribution in [-0.4, -0.2) is 25.4 Å². The second-order valence-corrected chi connectivity index (χ2v) is 2.79. The van der Waals surface area contributed by atoms with Gasteiger partial charge in [-0.15, -0.1) is 0 Å². The van der Waals surface area contributed by atoms with Crippen LogP contribution in [0.5, 0.6) is 0 Å². The fourth-order valence-corrected chi connectivity index (χ4v) is 0.898. The minimum atomic E-state index is 0.445. The Morgan fingerprint density at radius 3 is 2.67 bits per heavy atom. The Bertz CT molecular complexity index is 254. The summed E-state index contributed by atoms with van der Waals surface area (Å²) in [7, 11) is 3.86. The number of hydrogen-bond donors (Lipinski definition) is 0. The van der Waals surface area contributed by atoms with Crippen molar-refractivity contribution in [3.63, 3.8) is 0 Å². The van der Waals surface area contributed by atoms with Crippen LogP contribution < -0.4 is 4.90 Å². The fourth-order valence-electron chi connectivity index (χ4n) is 0.898. The lowest BCUT2D eigenvalue weighted by molar-refractivity contribution is -0.107. The summed E-state index contributed by atoms with van der Waals surface area (Å²) in [5.74, 6) is 0.907. The SMILES string of the molecule is CN(C)c1ccc(CC=O)cn1. The van der Waals surface area contributed by atoms with Gasteiger partial charge >= 0.3 is 0 Å². The van der Waals surface area contributed by atoms with Crippen LogP contribution in [0.1, 0.15) is 5.56 Å². The van der Waals surface area contributed by atoms with E-state index in [2.05, 4.69) is 4.98 Å². The Morgan fingerprint density at radius 2 is 2.25 bits per heavy atom. The van der Waals surface area contributed by atoms with Crippen molar-refractivity contribution >= 4 is 12.1 Å². The number of anilines is 1. The van der Waals surface area contributed by atoms with E-state index in [4.69, 9.17) is 0 Å². The number of aromatic nitrogens is 1. The van der Waals surface area contributed by atoms with Crippen molar-refractivity contribution in [2.45, 2.75) is 6.42 Å². The first-order valence-corrected chi connectivity index (χ1v) is 3.80. The molecule has 0 spiro atoms. The highest BCUT2D eigenvalue weighted by atomic mass is 16.1. The van der Waals surface area contributed by atoms with E-state index in [0.717, 1.165) is 17.7 Å². The molecular weight excluding hydrogens is 152 g/mol. The van der Waals surface area contributed by atoms with E-state index in [9.17, 15) is 4.79 Å². The van der Waals surface area contributed by atoms with E-state index in [1.54, 1.807) is 6.20 Å². The summed E-state index contributed by atoms with van der Waals surface area (Å²) in [6.07, 6.45) is 3.05. The fraction of sp³-hybridized carbons (Fsp3) is 0.333. The van der Waals surface area contributed by atoms with Crippen molar-refractivity contribution in [1.29, 1.82) is 0 Å². The smallest absolute Gasteiger partial charge is 0.127 e. The summed E-state index contributed by atoms with van der Waals surface area (Å²) < 4.78 is 0. The van der Waals surface area contributed by atoms with Gasteiger partial charge in [0.15, 0.2) is 0 Å². The van der Waals surface area contributed by atoms with Gasteiger partial charge in [0.2, 0.25) is 0 Å². The number of hydrogen-bond acceptors (Lipinski definition) is 3. The highest BCUT2D eigenvalue weighted by molar-refractivity contribution is 5.55. The van der Waals surface area contributed by atoms with Gasteiger partial charge in [-0.05, 0) is 11.6 Å². The number of nitrogens with zero attached hydrogens (tertiary/aromatic N) is 2. The molecule has 1 rings (SSSR count). The molecule has 0 saturated carbocycles. The van der Waals surface area contributed by atoms with Crippen LogP contribution in [0.15, 0.2) is 18.3 Å². The largest absolute Gasteiger partial charge is 0.363 e. The minimum absolute atomic E-state index is 0.445. The van der Waals surface area contributed by atoms with Gasteiger partial charge in [0.25, 0.3) is 0 Å². The molecule has 1 aromatic heterocycles. The van der Waals surface area contributed by atoms with Crippen molar-refractivity contribution in [2.75, 3.05) is 19.0 Å². The minimum Gasteiger partial charge on any atom is -0.363 e. The first-order chi connectivity index (χ1) is 5.74. The summed E-state index contributed by atoms with van der Waals surface area (Å²) in [5, 5.41) is 0. The molecule has 0 unspecified atom stereocenters. The molecule has 0 aliphatic rings. The number of pyridine rings is 1. The van der Waals surface area contributed by atoms with E-state index in [1.807, 2.05) is 31.1 Å². The zero-order chi connectivity index (χ0) is 8.97. The van der Waals surface area contributed by atoms with Gasteiger partial charge in [0.05, 0.1) is 0 Å². The second-order valence-electron chi connectivity index (χ2n) is 2.79. The van der Waals surface area contributed by atoms with Gasteiger partial charge in [-0.1, -0.05) is 6.07 Å². The Labute approximate surface area is 72.0 Å². The van der Waals surface area contributed by atoms with Crippen molar-refractivity contribution in [2.24, 2.45) is 0 Å². The van der Waals surface area contributed by atoms with E-state index in [-0.39, 0.29) is 0 Å². The molecule has 0 atom stereocenters. The maximum Gasteiger partial charge on any atom is 0.127 e. The number of carbonyl (C=O) groups is 1. The number of aldehydes is 1. The van der Waals surface area contributed by atoms with E-state index >= 15 is 0 Å². The van der Waals surface area contributed by atoms with Crippen LogP contribution in [-0.2, 0) is 11.2 Å². The lowest BCUT2D eigenvalue weighted by Gasteiger charge is -2.10. The van der Waals surface area contributed by atoms with Crippen molar-refractivity contribution in [1.82, 2.24) is 4.98 Å². The van der Waals surface area contributed by atoms with Crippen molar-refractivity contribution in [3.05, 3.63) is 23.9 Å². The number of rotatable bonds is 3. The average Bonchev–Trinajstić information content (AvgIpc) is 2.06. The van der Waals surface area contributed by atoms with E-state index < -0.39 is 0 Å². The molecule has 0 radical (unpaired) electrons. The van der Waals surface area contributed by atoms with Crippen LogP contribution in [0.2, 0.25) is 0 Å². The van der Waals surface area contributed by atoms with Gasteiger partial charge in [0, 0.05) is 26.7 Å². The zero-order valence-electron chi connectivity index (χ0n) is 7.32. The molecule has 3 heteroatoms. The topological polar surface area (TPSA) is 33.2 Å². The Kier molecular flexibility index (Phi) is 2.80. The molecule has 12 heavy (non-hydrogen) atoms. The Balaban J connectivity index is 2.78. The van der Waals surface area contributed by atoms with Crippen LogP contribution in [0.3, 0.4) is 0 Å². The molecule has 0 aromatic carbocycles. The first-order valence-electron chi connectivity index (χ1n) is 3.80. The monoisotopic (exact) mass is 164 g/mol. The first kappa shape index (κ1) is 8.71. The normalized spacial score (nSPS) is 9.50. The van der Waals surface area contributed by atoms with Gasteiger partial charge in [-0.2, -0.15) is 0 Å². The molecular formula is C9H12N2O. The molecule has 0 aliphatic carbocycles. The van der Waals surface area contributed by atoms with Gasteiger partial charge in [0.1, 0.15) is 12.1 Å². The molecule has 0 fully saturated rings. The highest BCUT2D eigenvalue weighted by Crippen LogP contribution is 2.07. The van der Waals surface area contributed by atoms with Crippen LogP contribution in [0.4, 0.5) is 5.82 Å². The summed E-state index contributed by atoms with van der Waals surface area (Å²) >= 11 is 0. The van der Waals surface area contributed by atoms with Gasteiger partial charge in [-0.25, -0.2) is 4.98 Å². The lowest BCUT2D eigenvalue weighted by Crippen LogP contribution is -2.10. The maximum atomic E-state index is 10.2. The average molecular weight is 164 g/mol. The molecule has 0 aliphatic heterocycles. The molecule has 0 amide bonds. The van der Waals surface area contributed by atoms with Crippen LogP contribution >= 0.6 is 0 Å². The summed E-state index contributed by atoms with van der Waals surface area (Å²) in [4.78, 5) is 16.2. The van der Waals surface area contributed by atoms with Crippen molar-refractivity contribution in [3.8, 4) is 0 Å². The molecule has 0 saturated heterocycles. The standard InChI is InChI=1S/C9H12N2O/c1-11(2)9-4-3-8(5-6-12)7-10-9/h3-4,6-7H,5H2,1-2H3. The molecule has 0 N–H and O–H groups in total. The molecule has 1 heterocycles. The van der Waals surface area contributed by atoms with E-state index in [1.165, 1.54) is 0 Å². The summed E-state index contributed by atoms with van der Waals surface area (Å²) in [5.41, 5.74) is 0.954. The predicted molar refractivity (Wildman–Crippen MR) is 48.3 cm³/mol. The zero-order valence-corrected chi connectivity index (χ0v) is 7.32. The second kappa shape index (κ2) is 3.85. The maximum absolute atomic E-state index is 10.2. The Morgan fingerprint density at radius 1 is 1.50 bits per heavy atom.